The van der Waals surface area contributed by atoms with Crippen LogP contribution in [0.25, 0.3) is 10.9 Å². The average Bonchev–Trinajstić information content (AvgIpc) is 2.62. The van der Waals surface area contributed by atoms with Gasteiger partial charge in [-0.2, -0.15) is 0 Å². The number of nitrogens with one attached hydrogen (secondary N) is 1. The number of aryl methyl sites for hydroxylation is 1. The van der Waals surface area contributed by atoms with Crippen molar-refractivity contribution < 1.29 is 9.53 Å². The Balaban J connectivity index is 2.51. The van der Waals surface area contributed by atoms with Crippen LogP contribution in [0.3, 0.4) is 0 Å². The smallest absolute Gasteiger partial charge is 0.202 e. The Morgan fingerprint density at radius 1 is 1.43 bits per heavy atom. The van der Waals surface area contributed by atoms with Crippen LogP contribution in [-0.4, -0.2) is 17.4 Å². The Bertz CT molecular complexity index is 539. The van der Waals surface area contributed by atoms with E-state index in [1.165, 1.54) is 0 Å². The highest BCUT2D eigenvalue weighted by Crippen LogP contribution is 2.33. The van der Waals surface area contributed by atoms with E-state index in [1.54, 1.807) is 6.20 Å². The fraction of sp³-hybridized carbons (Fsp3) is 0.182. The molecule has 2 heterocycles. The molecule has 14 heavy (non-hydrogen) atoms. The molecule has 1 aromatic carbocycles. The molecule has 0 aliphatic carbocycles. The largest absolute Gasteiger partial charge is 0.485 e. The van der Waals surface area contributed by atoms with Crippen LogP contribution in [-0.2, 0) is 0 Å². The van der Waals surface area contributed by atoms with Crippen LogP contribution in [0.4, 0.5) is 0 Å². The molecular formula is C11H9NO2. The highest BCUT2D eigenvalue weighted by Gasteiger charge is 2.22. The monoisotopic (exact) mass is 187 g/mol. The first kappa shape index (κ1) is 7.62. The van der Waals surface area contributed by atoms with Gasteiger partial charge in [-0.3, -0.25) is 4.79 Å². The summed E-state index contributed by atoms with van der Waals surface area (Å²) in [4.78, 5) is 14.6. The van der Waals surface area contributed by atoms with Crippen LogP contribution in [0, 0.1) is 6.92 Å². The molecule has 3 nitrogen and oxygen atoms in total. The number of ether oxygens (including phenoxy) is 1. The number of aromatic nitrogens is 1. The molecule has 0 unspecified atom stereocenters. The van der Waals surface area contributed by atoms with Gasteiger partial charge in [0.1, 0.15) is 5.75 Å². The van der Waals surface area contributed by atoms with E-state index in [2.05, 4.69) is 4.98 Å². The number of rotatable bonds is 0. The van der Waals surface area contributed by atoms with Crippen LogP contribution in [0.1, 0.15) is 15.9 Å². The lowest BCUT2D eigenvalue weighted by Gasteiger charge is -2.13. The number of hydrogen-bond donors (Lipinski definition) is 1. The van der Waals surface area contributed by atoms with Gasteiger partial charge in [0, 0.05) is 6.20 Å². The third-order valence-corrected chi connectivity index (χ3v) is 2.66. The Labute approximate surface area is 80.7 Å². The van der Waals surface area contributed by atoms with E-state index in [-0.39, 0.29) is 12.4 Å². The highest BCUT2D eigenvalue weighted by molar-refractivity contribution is 6.12. The van der Waals surface area contributed by atoms with E-state index in [1.807, 2.05) is 19.1 Å². The van der Waals surface area contributed by atoms with Crippen molar-refractivity contribution in [2.45, 2.75) is 6.92 Å². The molecule has 3 rings (SSSR count). The number of carbonyl (C=O) groups excluding carboxylic acids is 1. The molecule has 0 amide bonds. The molecule has 0 radical (unpaired) electrons. The number of carbonyl (C=O) groups is 1. The zero-order chi connectivity index (χ0) is 9.71. The first-order valence-corrected chi connectivity index (χ1v) is 4.54. The third kappa shape index (κ3) is 0.789. The van der Waals surface area contributed by atoms with E-state index in [4.69, 9.17) is 4.74 Å². The summed E-state index contributed by atoms with van der Waals surface area (Å²) in [6.07, 6.45) is 1.77. The van der Waals surface area contributed by atoms with Gasteiger partial charge in [0.2, 0.25) is 5.78 Å². The van der Waals surface area contributed by atoms with Gasteiger partial charge in [0.15, 0.2) is 6.61 Å². The minimum Gasteiger partial charge on any atom is -0.485 e. The quantitative estimate of drug-likeness (QED) is 0.685. The zero-order valence-corrected chi connectivity index (χ0v) is 7.76. The molecule has 1 aliphatic rings. The minimum absolute atomic E-state index is 0.0503. The summed E-state index contributed by atoms with van der Waals surface area (Å²) in [5, 5.41) is 0.932. The predicted molar refractivity (Wildman–Crippen MR) is 52.9 cm³/mol. The Kier molecular flexibility index (Phi) is 1.29. The van der Waals surface area contributed by atoms with Crippen LogP contribution in [0.15, 0.2) is 18.3 Å². The van der Waals surface area contributed by atoms with Gasteiger partial charge in [-0.25, -0.2) is 0 Å². The maximum absolute atomic E-state index is 11.5. The summed E-state index contributed by atoms with van der Waals surface area (Å²) in [5.74, 6) is 0.857. The lowest BCUT2D eigenvalue weighted by atomic mass is 10.0. The van der Waals surface area contributed by atoms with Crippen LogP contribution in [0.2, 0.25) is 0 Å². The van der Waals surface area contributed by atoms with Gasteiger partial charge in [-0.1, -0.05) is 6.07 Å². The van der Waals surface area contributed by atoms with E-state index < -0.39 is 0 Å². The lowest BCUT2D eigenvalue weighted by molar-refractivity contribution is 0.0915. The first-order valence-electron chi connectivity index (χ1n) is 4.54. The standard InChI is InChI=1S/C11H9NO2/c1-6-2-3-9-10-7(4-12-11(6)10)8(13)5-14-9/h2-4,12H,5H2,1H3. The summed E-state index contributed by atoms with van der Waals surface area (Å²) in [5.41, 5.74) is 2.89. The molecule has 0 atom stereocenters. The molecular weight excluding hydrogens is 178 g/mol. The number of aromatic amines is 1. The first-order chi connectivity index (χ1) is 6.77. The number of Topliss-reactive ketones (excluding diaryl/α,β-unsaturated/α-hetero) is 1. The summed E-state index contributed by atoms with van der Waals surface area (Å²) in [6, 6.07) is 3.91. The van der Waals surface area contributed by atoms with E-state index in [0.29, 0.717) is 0 Å². The summed E-state index contributed by atoms with van der Waals surface area (Å²) < 4.78 is 5.35. The number of benzene rings is 1. The number of hydrogen-bond acceptors (Lipinski definition) is 2. The molecule has 2 aromatic rings. The van der Waals surface area contributed by atoms with Crippen LogP contribution < -0.4 is 4.74 Å². The molecule has 70 valence electrons. The van der Waals surface area contributed by atoms with Crippen molar-refractivity contribution in [2.75, 3.05) is 6.61 Å². The molecule has 1 aliphatic heterocycles. The van der Waals surface area contributed by atoms with E-state index in [9.17, 15) is 4.79 Å². The van der Waals surface area contributed by atoms with Crippen molar-refractivity contribution in [1.82, 2.24) is 4.98 Å². The van der Waals surface area contributed by atoms with E-state index in [0.717, 1.165) is 27.8 Å². The maximum Gasteiger partial charge on any atom is 0.202 e. The topological polar surface area (TPSA) is 42.1 Å². The molecule has 3 heteroatoms. The second-order valence-corrected chi connectivity index (χ2v) is 3.54. The zero-order valence-electron chi connectivity index (χ0n) is 7.76. The molecule has 0 saturated heterocycles. The van der Waals surface area contributed by atoms with Gasteiger partial charge < -0.3 is 9.72 Å². The molecule has 1 aromatic heterocycles. The number of ketones is 1. The van der Waals surface area contributed by atoms with Crippen molar-refractivity contribution in [3.8, 4) is 5.75 Å². The molecule has 1 N–H and O–H groups in total. The maximum atomic E-state index is 11.5. The van der Waals surface area contributed by atoms with Gasteiger partial charge in [-0.15, -0.1) is 0 Å². The molecule has 0 fully saturated rings. The summed E-state index contributed by atoms with van der Waals surface area (Å²) in [7, 11) is 0. The van der Waals surface area contributed by atoms with Crippen molar-refractivity contribution in [3.05, 3.63) is 29.5 Å². The molecule has 0 spiro atoms. The van der Waals surface area contributed by atoms with Crippen LogP contribution >= 0.6 is 0 Å². The SMILES string of the molecule is Cc1ccc2c3c(c[nH]c13)C(=O)CO2. The number of H-pyrrole nitrogens is 1. The second-order valence-electron chi connectivity index (χ2n) is 3.54. The minimum atomic E-state index is 0.0503. The Morgan fingerprint density at radius 2 is 2.29 bits per heavy atom. The summed E-state index contributed by atoms with van der Waals surface area (Å²) >= 11 is 0. The van der Waals surface area contributed by atoms with Crippen LogP contribution in [0.5, 0.6) is 5.75 Å². The van der Waals surface area contributed by atoms with Gasteiger partial charge in [0.25, 0.3) is 0 Å². The average molecular weight is 187 g/mol. The summed E-state index contributed by atoms with van der Waals surface area (Å²) in [6.45, 7) is 2.17. The van der Waals surface area contributed by atoms with E-state index >= 15 is 0 Å². The lowest BCUT2D eigenvalue weighted by Crippen LogP contribution is -2.15. The van der Waals surface area contributed by atoms with Crippen molar-refractivity contribution in [1.29, 1.82) is 0 Å². The normalized spacial score (nSPS) is 14.5. The Hall–Kier alpha value is -1.77. The van der Waals surface area contributed by atoms with Gasteiger partial charge in [0.05, 0.1) is 16.5 Å². The predicted octanol–water partition coefficient (Wildman–Crippen LogP) is 2.05. The van der Waals surface area contributed by atoms with Crippen molar-refractivity contribution in [3.63, 3.8) is 0 Å². The van der Waals surface area contributed by atoms with Crippen molar-refractivity contribution in [2.24, 2.45) is 0 Å². The van der Waals surface area contributed by atoms with Gasteiger partial charge in [-0.05, 0) is 18.6 Å². The fourth-order valence-corrected chi connectivity index (χ4v) is 1.92. The van der Waals surface area contributed by atoms with Crippen molar-refractivity contribution >= 4 is 16.7 Å². The molecule has 0 saturated carbocycles. The van der Waals surface area contributed by atoms with Gasteiger partial charge >= 0.3 is 0 Å². The Morgan fingerprint density at radius 3 is 3.14 bits per heavy atom. The molecule has 0 bridgehead atoms. The third-order valence-electron chi connectivity index (χ3n) is 2.66. The second kappa shape index (κ2) is 2.38. The highest BCUT2D eigenvalue weighted by atomic mass is 16.5. The fourth-order valence-electron chi connectivity index (χ4n) is 1.92.